The first-order valence-electron chi connectivity index (χ1n) is 13.1. The Bertz CT molecular complexity index is 1580. The van der Waals surface area contributed by atoms with Gasteiger partial charge >= 0.3 is 5.97 Å². The van der Waals surface area contributed by atoms with E-state index in [4.69, 9.17) is 0 Å². The van der Waals surface area contributed by atoms with Crippen LogP contribution in [0.15, 0.2) is 35.3 Å². The molecule has 5 N–H and O–H groups in total. The Kier molecular flexibility index (Phi) is 9.83. The number of rotatable bonds is 11. The molecule has 14 nitrogen and oxygen atoms in total. The molecule has 222 valence electrons. The van der Waals surface area contributed by atoms with Crippen LogP contribution in [-0.2, 0) is 25.7 Å². The van der Waals surface area contributed by atoms with E-state index in [1.54, 1.807) is 32.9 Å². The molecule has 14 heteroatoms. The summed E-state index contributed by atoms with van der Waals surface area (Å²) in [5.41, 5.74) is -0.0863. The number of carbonyl (C=O) groups excluding carboxylic acids is 4. The second-order valence-electron chi connectivity index (χ2n) is 10.9. The molecule has 42 heavy (non-hydrogen) atoms. The Morgan fingerprint density at radius 2 is 1.69 bits per heavy atom. The lowest BCUT2D eigenvalue weighted by atomic mass is 9.73. The molecule has 2 aromatic heterocycles. The predicted molar refractivity (Wildman–Crippen MR) is 152 cm³/mol. The lowest BCUT2D eigenvalue weighted by Crippen LogP contribution is -2.41. The highest BCUT2D eigenvalue weighted by atomic mass is 16.4. The molecule has 0 aliphatic rings. The van der Waals surface area contributed by atoms with E-state index in [2.05, 4.69) is 35.9 Å². The standard InChI is InChI=1S/C28H33N7O7/c1-14(36)6-11-19(37)32-23(38)16-7-9-17(10-8-16)29-12-18-13-30-22-21(31-18)25(40)35-27(33-22)34-24(39)20(28(3,4)5)15(2)26(41)42/h7-10,13,15,20,29H,6,11-12H2,1-5H3,(H,41,42)(H,32,37,38)(H2,30,33,34,35,39,40). The van der Waals surface area contributed by atoms with Gasteiger partial charge in [0, 0.05) is 24.1 Å². The molecule has 3 rings (SSSR count). The predicted octanol–water partition coefficient (Wildman–Crippen LogP) is 2.27. The average molecular weight is 580 g/mol. The number of amides is 3. The van der Waals surface area contributed by atoms with Crippen molar-refractivity contribution < 1.29 is 29.1 Å². The summed E-state index contributed by atoms with van der Waals surface area (Å²) in [4.78, 5) is 87.3. The number of hydrogen-bond donors (Lipinski definition) is 5. The van der Waals surface area contributed by atoms with Crippen molar-refractivity contribution in [2.24, 2.45) is 17.3 Å². The maximum absolute atomic E-state index is 13.0. The monoisotopic (exact) mass is 579 g/mol. The minimum Gasteiger partial charge on any atom is -0.481 e. The molecule has 2 atom stereocenters. The van der Waals surface area contributed by atoms with E-state index >= 15 is 0 Å². The minimum atomic E-state index is -1.12. The highest BCUT2D eigenvalue weighted by molar-refractivity contribution is 6.05. The van der Waals surface area contributed by atoms with Crippen LogP contribution in [0.5, 0.6) is 0 Å². The number of carboxylic acids is 1. The number of ketones is 1. The van der Waals surface area contributed by atoms with Gasteiger partial charge in [-0.1, -0.05) is 27.7 Å². The van der Waals surface area contributed by atoms with E-state index in [1.165, 1.54) is 32.2 Å². The van der Waals surface area contributed by atoms with Crippen molar-refractivity contribution in [1.29, 1.82) is 0 Å². The largest absolute Gasteiger partial charge is 0.481 e. The van der Waals surface area contributed by atoms with Gasteiger partial charge in [-0.15, -0.1) is 0 Å². The number of Topliss-reactive ketones (excluding diaryl/α,β-unsaturated/α-hetero) is 1. The number of imide groups is 1. The third-order valence-corrected chi connectivity index (χ3v) is 6.39. The quantitative estimate of drug-likeness (QED) is 0.222. The van der Waals surface area contributed by atoms with Crippen molar-refractivity contribution in [3.63, 3.8) is 0 Å². The second kappa shape index (κ2) is 13.1. The molecule has 2 heterocycles. The van der Waals surface area contributed by atoms with Gasteiger partial charge in [0.1, 0.15) is 5.78 Å². The van der Waals surface area contributed by atoms with E-state index in [9.17, 15) is 33.9 Å². The highest BCUT2D eigenvalue weighted by Gasteiger charge is 2.39. The fourth-order valence-electron chi connectivity index (χ4n) is 4.29. The van der Waals surface area contributed by atoms with Gasteiger partial charge in [0.05, 0.1) is 30.3 Å². The Morgan fingerprint density at radius 3 is 2.29 bits per heavy atom. The number of aromatic nitrogens is 4. The third-order valence-electron chi connectivity index (χ3n) is 6.39. The molecular weight excluding hydrogens is 546 g/mol. The molecule has 3 amide bonds. The molecule has 2 unspecified atom stereocenters. The van der Waals surface area contributed by atoms with Gasteiger partial charge in [0.25, 0.3) is 11.5 Å². The molecule has 0 saturated carbocycles. The Labute approximate surface area is 240 Å². The summed E-state index contributed by atoms with van der Waals surface area (Å²) in [7, 11) is 0. The Balaban J connectivity index is 1.66. The van der Waals surface area contributed by atoms with E-state index in [1.807, 2.05) is 0 Å². The molecule has 0 radical (unpaired) electrons. The van der Waals surface area contributed by atoms with Crippen LogP contribution in [0.1, 0.15) is 63.5 Å². The fraction of sp³-hybridized carbons (Fsp3) is 0.393. The number of nitrogens with one attached hydrogen (secondary N) is 4. The molecular formula is C28H33N7O7. The second-order valence-corrected chi connectivity index (χ2v) is 10.9. The average Bonchev–Trinajstić information content (AvgIpc) is 2.90. The number of fused-ring (bicyclic) bond motifs is 1. The molecule has 0 saturated heterocycles. The number of anilines is 2. The summed E-state index contributed by atoms with van der Waals surface area (Å²) in [6, 6.07) is 6.30. The van der Waals surface area contributed by atoms with Crippen LogP contribution >= 0.6 is 0 Å². The number of carboxylic acid groups (broad SMARTS) is 1. The van der Waals surface area contributed by atoms with Gasteiger partial charge in [-0.05, 0) is 36.6 Å². The van der Waals surface area contributed by atoms with Crippen LogP contribution in [0.4, 0.5) is 11.6 Å². The lowest BCUT2D eigenvalue weighted by molar-refractivity contribution is -0.148. The number of H-pyrrole nitrogens is 1. The van der Waals surface area contributed by atoms with Crippen molar-refractivity contribution >= 4 is 52.3 Å². The van der Waals surface area contributed by atoms with Gasteiger partial charge in [-0.3, -0.25) is 39.6 Å². The number of carbonyl (C=O) groups is 5. The highest BCUT2D eigenvalue weighted by Crippen LogP contribution is 2.33. The number of benzene rings is 1. The number of aliphatic carboxylic acids is 1. The minimum absolute atomic E-state index is 0.00962. The maximum Gasteiger partial charge on any atom is 0.307 e. The smallest absolute Gasteiger partial charge is 0.307 e. The number of hydrogen-bond acceptors (Lipinski definition) is 10. The zero-order valence-corrected chi connectivity index (χ0v) is 23.9. The van der Waals surface area contributed by atoms with Crippen LogP contribution in [0.3, 0.4) is 0 Å². The van der Waals surface area contributed by atoms with Crippen LogP contribution in [0.2, 0.25) is 0 Å². The molecule has 0 aliphatic heterocycles. The van der Waals surface area contributed by atoms with Crippen LogP contribution in [0.25, 0.3) is 11.2 Å². The van der Waals surface area contributed by atoms with Crippen LogP contribution in [0, 0.1) is 17.3 Å². The molecule has 0 fully saturated rings. The number of aromatic amines is 1. The molecule has 3 aromatic rings. The summed E-state index contributed by atoms with van der Waals surface area (Å²) < 4.78 is 0. The molecule has 0 bridgehead atoms. The van der Waals surface area contributed by atoms with Crippen LogP contribution < -0.4 is 21.5 Å². The first kappa shape index (κ1) is 31.5. The van der Waals surface area contributed by atoms with Crippen LogP contribution in [-0.4, -0.2) is 54.5 Å². The van der Waals surface area contributed by atoms with Gasteiger partial charge in [-0.25, -0.2) is 9.97 Å². The summed E-state index contributed by atoms with van der Waals surface area (Å²) in [6.45, 7) is 8.25. The SMILES string of the molecule is CC(=O)CCC(=O)NC(=O)c1ccc(NCc2cnc3nc(NC(=O)C(C(C)C(=O)O)C(C)(C)C)[nH]c(=O)c3n2)cc1. The Morgan fingerprint density at radius 1 is 1.02 bits per heavy atom. The van der Waals surface area contributed by atoms with Gasteiger partial charge in [0.15, 0.2) is 11.2 Å². The first-order valence-corrected chi connectivity index (χ1v) is 13.1. The van der Waals surface area contributed by atoms with E-state index in [-0.39, 0.29) is 47.8 Å². The molecule has 1 aromatic carbocycles. The van der Waals surface area contributed by atoms with E-state index < -0.39 is 46.5 Å². The topological polar surface area (TPSA) is 213 Å². The Hall–Kier alpha value is -5.01. The van der Waals surface area contributed by atoms with Gasteiger partial charge in [0.2, 0.25) is 17.8 Å². The fourth-order valence-corrected chi connectivity index (χ4v) is 4.29. The normalized spacial score (nSPS) is 12.7. The van der Waals surface area contributed by atoms with E-state index in [0.29, 0.717) is 11.4 Å². The van der Waals surface area contributed by atoms with Gasteiger partial charge in [-0.2, -0.15) is 4.98 Å². The van der Waals surface area contributed by atoms with Crippen molar-refractivity contribution in [3.8, 4) is 0 Å². The van der Waals surface area contributed by atoms with Gasteiger partial charge < -0.3 is 15.2 Å². The first-order chi connectivity index (χ1) is 19.6. The molecule has 0 spiro atoms. The van der Waals surface area contributed by atoms with Crippen molar-refractivity contribution in [3.05, 3.63) is 52.1 Å². The zero-order valence-electron chi connectivity index (χ0n) is 23.9. The summed E-state index contributed by atoms with van der Waals surface area (Å²) >= 11 is 0. The van der Waals surface area contributed by atoms with Crippen molar-refractivity contribution in [2.45, 2.75) is 54.0 Å². The summed E-state index contributed by atoms with van der Waals surface area (Å²) in [5, 5.41) is 17.3. The molecule has 0 aliphatic carbocycles. The lowest BCUT2D eigenvalue weighted by Gasteiger charge is -2.32. The number of nitrogens with zero attached hydrogens (tertiary/aromatic N) is 3. The maximum atomic E-state index is 13.0. The summed E-state index contributed by atoms with van der Waals surface area (Å²) in [5.74, 6) is -5.03. The van der Waals surface area contributed by atoms with Crippen molar-refractivity contribution in [2.75, 3.05) is 10.6 Å². The third kappa shape index (κ3) is 8.25. The summed E-state index contributed by atoms with van der Waals surface area (Å²) in [6.07, 6.45) is 1.41. The van der Waals surface area contributed by atoms with Crippen molar-refractivity contribution in [1.82, 2.24) is 25.3 Å². The zero-order chi connectivity index (χ0) is 31.2. The van der Waals surface area contributed by atoms with E-state index in [0.717, 1.165) is 0 Å².